The van der Waals surface area contributed by atoms with Crippen molar-refractivity contribution >= 4 is 5.78 Å². The van der Waals surface area contributed by atoms with Crippen molar-refractivity contribution in [2.75, 3.05) is 0 Å². The number of carbonyl (C=O) groups excluding carboxylic acids is 1. The topological polar surface area (TPSA) is 17.1 Å². The summed E-state index contributed by atoms with van der Waals surface area (Å²) in [5, 5.41) is 0. The molecule has 0 bridgehead atoms. The van der Waals surface area contributed by atoms with E-state index >= 15 is 0 Å². The van der Waals surface area contributed by atoms with Crippen molar-refractivity contribution in [3.8, 4) is 0 Å². The van der Waals surface area contributed by atoms with Crippen LogP contribution in [0.1, 0.15) is 38.2 Å². The Hall–Kier alpha value is -3.45. The predicted molar refractivity (Wildman–Crippen MR) is 132 cm³/mol. The van der Waals surface area contributed by atoms with Gasteiger partial charge in [0.05, 0.1) is 0 Å². The Morgan fingerprint density at radius 1 is 0.667 bits per heavy atom. The molecule has 170 valence electrons. The van der Waals surface area contributed by atoms with Gasteiger partial charge in [-0.1, -0.05) is 108 Å². The number of carbonyl (C=O) groups is 1. The van der Waals surface area contributed by atoms with Crippen LogP contribution in [0.5, 0.6) is 0 Å². The van der Waals surface area contributed by atoms with Gasteiger partial charge in [0.15, 0.2) is 0 Å². The van der Waals surface area contributed by atoms with E-state index in [1.54, 1.807) is 0 Å². The average molecular weight is 470 g/mol. The van der Waals surface area contributed by atoms with Gasteiger partial charge < -0.3 is 34.6 Å². The largest absolute Gasteiger partial charge is 0.748 e. The van der Waals surface area contributed by atoms with Crippen LogP contribution in [0.4, 0.5) is 0 Å². The minimum absolute atomic E-state index is 0. The van der Waals surface area contributed by atoms with Gasteiger partial charge in [-0.2, -0.15) is 18.6 Å². The second kappa shape index (κ2) is 12.6. The third kappa shape index (κ3) is 7.02. The number of hydrogen-bond donors (Lipinski definition) is 0. The summed E-state index contributed by atoms with van der Waals surface area (Å²) >= 11 is 0. The van der Waals surface area contributed by atoms with Gasteiger partial charge in [0.25, 0.3) is 0 Å². The van der Waals surface area contributed by atoms with E-state index in [0.29, 0.717) is 0 Å². The molecule has 5 rings (SSSR count). The van der Waals surface area contributed by atoms with E-state index in [1.165, 1.54) is 16.7 Å². The summed E-state index contributed by atoms with van der Waals surface area (Å²) in [6.45, 7) is 0. The van der Waals surface area contributed by atoms with Crippen LogP contribution < -0.4 is 0 Å². The summed E-state index contributed by atoms with van der Waals surface area (Å²) in [6, 6.07) is 44.6. The fourth-order valence-electron chi connectivity index (χ4n) is 3.76. The van der Waals surface area contributed by atoms with E-state index in [2.05, 4.69) is 66.7 Å². The molecular formula is C31H26FeO-6. The van der Waals surface area contributed by atoms with Crippen LogP contribution in [0.2, 0.25) is 0 Å². The molecule has 0 aromatic heterocycles. The van der Waals surface area contributed by atoms with Crippen LogP contribution in [0.25, 0.3) is 0 Å². The van der Waals surface area contributed by atoms with Crippen LogP contribution in [-0.2, 0) is 29.9 Å². The summed E-state index contributed by atoms with van der Waals surface area (Å²) in [7, 11) is 0. The second-order valence-corrected chi connectivity index (χ2v) is 7.78. The zero-order valence-electron chi connectivity index (χ0n) is 18.4. The molecular weight excluding hydrogens is 444 g/mol. The maximum atomic E-state index is 12.5. The Balaban J connectivity index is 0.000000202. The molecule has 0 amide bonds. The predicted octanol–water partition coefficient (Wildman–Crippen LogP) is 7.22. The first kappa shape index (κ1) is 24.2. The third-order valence-electron chi connectivity index (χ3n) is 5.41. The van der Waals surface area contributed by atoms with Gasteiger partial charge >= 0.3 is 0 Å². The smallest absolute Gasteiger partial charge is 0.112 e. The maximum absolute atomic E-state index is 12.5. The zero-order valence-corrected chi connectivity index (χ0v) is 19.5. The summed E-state index contributed by atoms with van der Waals surface area (Å²) in [4.78, 5) is 12.5. The first-order chi connectivity index (χ1) is 15.8. The first-order valence-electron chi connectivity index (χ1n) is 10.9. The molecule has 0 radical (unpaired) electrons. The van der Waals surface area contributed by atoms with Gasteiger partial charge in [-0.15, -0.1) is 11.6 Å². The molecule has 33 heavy (non-hydrogen) atoms. The number of benzene rings is 3. The standard InChI is InChI=1S/C19H15O.C12H11.Fe/c20-19(16-10-5-2-6-11-16)18-13-7-12-17(18)14-15-8-3-1-4-9-15;1-2-6-11(7-3-1)10-12-8-4-5-9-12;/h1-13H,14H2;1-9H,10H2;/q-1;-5;. The normalized spacial score (nSPS) is 9.94. The molecule has 1 nitrogen and oxygen atoms in total. The molecule has 0 aliphatic heterocycles. The van der Waals surface area contributed by atoms with E-state index in [1.807, 2.05) is 66.7 Å². The molecule has 0 fully saturated rings. The number of ketones is 1. The zero-order chi connectivity index (χ0) is 22.0. The van der Waals surface area contributed by atoms with Crippen molar-refractivity contribution in [1.82, 2.24) is 0 Å². The molecule has 5 aromatic carbocycles. The van der Waals surface area contributed by atoms with Crippen molar-refractivity contribution < 1.29 is 21.9 Å². The summed E-state index contributed by atoms with van der Waals surface area (Å²) in [5.41, 5.74) is 6.63. The minimum atomic E-state index is 0. The summed E-state index contributed by atoms with van der Waals surface area (Å²) in [6.07, 6.45) is 1.84. The molecule has 2 heteroatoms. The fraction of sp³-hybridized carbons (Fsp3) is 0.0645. The third-order valence-corrected chi connectivity index (χ3v) is 5.41. The molecule has 0 unspecified atom stereocenters. The Morgan fingerprint density at radius 3 is 1.82 bits per heavy atom. The van der Waals surface area contributed by atoms with Crippen molar-refractivity contribution in [2.24, 2.45) is 0 Å². The molecule has 0 atom stereocenters. The Labute approximate surface area is 206 Å². The van der Waals surface area contributed by atoms with Gasteiger partial charge in [-0.05, 0) is 12.0 Å². The maximum Gasteiger partial charge on any atom is 0.112 e. The van der Waals surface area contributed by atoms with Crippen molar-refractivity contribution in [1.29, 1.82) is 0 Å². The Bertz CT molecular complexity index is 1200. The summed E-state index contributed by atoms with van der Waals surface area (Å²) < 4.78 is 0. The van der Waals surface area contributed by atoms with E-state index in [-0.39, 0.29) is 22.9 Å². The van der Waals surface area contributed by atoms with Gasteiger partial charge in [0.2, 0.25) is 0 Å². The van der Waals surface area contributed by atoms with E-state index < -0.39 is 0 Å². The average Bonchev–Trinajstić information content (AvgIpc) is 3.53. The van der Waals surface area contributed by atoms with Gasteiger partial charge in [0, 0.05) is 17.1 Å². The van der Waals surface area contributed by atoms with Gasteiger partial charge in [0.1, 0.15) is 5.78 Å². The van der Waals surface area contributed by atoms with Crippen molar-refractivity contribution in [3.05, 3.63) is 167 Å². The Kier molecular flexibility index (Phi) is 9.20. The molecule has 0 aliphatic carbocycles. The van der Waals surface area contributed by atoms with Crippen LogP contribution in [-0.4, -0.2) is 5.78 Å². The second-order valence-electron chi connectivity index (χ2n) is 7.78. The number of hydrogen-bond acceptors (Lipinski definition) is 1. The monoisotopic (exact) mass is 470 g/mol. The van der Waals surface area contributed by atoms with E-state index in [9.17, 15) is 4.79 Å². The molecule has 0 N–H and O–H groups in total. The van der Waals surface area contributed by atoms with Crippen LogP contribution in [0.15, 0.2) is 133 Å². The molecule has 0 saturated carbocycles. The van der Waals surface area contributed by atoms with E-state index in [4.69, 9.17) is 0 Å². The van der Waals surface area contributed by atoms with Crippen LogP contribution >= 0.6 is 0 Å². The molecule has 0 saturated heterocycles. The Morgan fingerprint density at radius 2 is 1.21 bits per heavy atom. The molecule has 5 aromatic rings. The molecule has 0 heterocycles. The fourth-order valence-corrected chi connectivity index (χ4v) is 3.76. The first-order valence-corrected chi connectivity index (χ1v) is 10.9. The molecule has 0 spiro atoms. The van der Waals surface area contributed by atoms with Crippen molar-refractivity contribution in [3.63, 3.8) is 0 Å². The number of rotatable bonds is 6. The van der Waals surface area contributed by atoms with E-state index in [0.717, 1.165) is 29.5 Å². The summed E-state index contributed by atoms with van der Waals surface area (Å²) in [5.74, 6) is 0.0986. The minimum Gasteiger partial charge on any atom is -0.748 e. The quantitative estimate of drug-likeness (QED) is 0.145. The molecule has 0 aliphatic rings. The van der Waals surface area contributed by atoms with Crippen LogP contribution in [0.3, 0.4) is 0 Å². The van der Waals surface area contributed by atoms with Crippen LogP contribution in [0, 0.1) is 0 Å². The van der Waals surface area contributed by atoms with Gasteiger partial charge in [-0.25, -0.2) is 0 Å². The SMILES string of the molecule is O=C(c1ccccc1)[c-]1cccc1Cc1ccccc1.[Fe].c1ccc(C[c-]2[cH-][cH-][cH-][cH-]2)cc1. The van der Waals surface area contributed by atoms with Crippen molar-refractivity contribution in [2.45, 2.75) is 12.8 Å². The van der Waals surface area contributed by atoms with Gasteiger partial charge in [-0.3, -0.25) is 0 Å².